The van der Waals surface area contributed by atoms with E-state index in [0.29, 0.717) is 13.2 Å². The van der Waals surface area contributed by atoms with Crippen molar-refractivity contribution in [3.05, 3.63) is 0 Å². The minimum atomic E-state index is -0.0612. The molecule has 0 saturated heterocycles. The topological polar surface area (TPSA) is 18.5 Å². The van der Waals surface area contributed by atoms with Crippen molar-refractivity contribution in [2.75, 3.05) is 13.2 Å². The molecule has 0 aliphatic rings. The lowest BCUT2D eigenvalue weighted by Gasteiger charge is -2.28. The van der Waals surface area contributed by atoms with Gasteiger partial charge in [-0.2, -0.15) is 0 Å². The van der Waals surface area contributed by atoms with Gasteiger partial charge in [-0.05, 0) is 33.1 Å². The molecule has 2 nitrogen and oxygen atoms in total. The summed E-state index contributed by atoms with van der Waals surface area (Å²) in [4.78, 5) is 0. The summed E-state index contributed by atoms with van der Waals surface area (Å²) >= 11 is 0. The summed E-state index contributed by atoms with van der Waals surface area (Å²) in [7, 11) is 0. The maximum Gasteiger partial charge on any atom is 0.0707 e. The highest BCUT2D eigenvalue weighted by Crippen LogP contribution is 2.21. The molecule has 0 N–H and O–H groups in total. The Hall–Kier alpha value is -0.0800. The zero-order chi connectivity index (χ0) is 11.4. The van der Waals surface area contributed by atoms with E-state index in [1.54, 1.807) is 0 Å². The Labute approximate surface area is 89.0 Å². The molecule has 0 bridgehead atoms. The van der Waals surface area contributed by atoms with Crippen LogP contribution in [-0.2, 0) is 9.47 Å². The van der Waals surface area contributed by atoms with Gasteiger partial charge in [0.05, 0.1) is 24.9 Å². The van der Waals surface area contributed by atoms with E-state index in [4.69, 9.17) is 9.47 Å². The number of hydrogen-bond acceptors (Lipinski definition) is 2. The van der Waals surface area contributed by atoms with Gasteiger partial charge in [0.1, 0.15) is 0 Å². The molecule has 0 rings (SSSR count). The van der Waals surface area contributed by atoms with Gasteiger partial charge in [-0.15, -0.1) is 0 Å². The molecule has 1 unspecified atom stereocenters. The largest absolute Gasteiger partial charge is 0.376 e. The van der Waals surface area contributed by atoms with Crippen LogP contribution in [0.25, 0.3) is 0 Å². The first-order valence-corrected chi connectivity index (χ1v) is 5.38. The second-order valence-corrected chi connectivity index (χ2v) is 5.84. The average Bonchev–Trinajstić information content (AvgIpc) is 1.93. The third-order valence-corrected chi connectivity index (χ3v) is 2.21. The van der Waals surface area contributed by atoms with Gasteiger partial charge in [-0.3, -0.25) is 0 Å². The van der Waals surface area contributed by atoms with Crippen LogP contribution in [0.2, 0.25) is 0 Å². The zero-order valence-corrected chi connectivity index (χ0v) is 10.8. The van der Waals surface area contributed by atoms with Gasteiger partial charge in [-0.1, -0.05) is 20.8 Å². The monoisotopic (exact) mass is 202 g/mol. The van der Waals surface area contributed by atoms with E-state index < -0.39 is 0 Å². The summed E-state index contributed by atoms with van der Waals surface area (Å²) in [6.07, 6.45) is 0.270. The first-order chi connectivity index (χ1) is 6.13. The second-order valence-electron chi connectivity index (χ2n) is 5.84. The Morgan fingerprint density at radius 2 is 1.43 bits per heavy atom. The third-order valence-electron chi connectivity index (χ3n) is 2.21. The van der Waals surface area contributed by atoms with Crippen LogP contribution < -0.4 is 0 Å². The molecule has 0 aromatic rings. The molecule has 0 amide bonds. The summed E-state index contributed by atoms with van der Waals surface area (Å²) in [6, 6.07) is 0. The van der Waals surface area contributed by atoms with E-state index in [2.05, 4.69) is 48.5 Å². The molecule has 0 aliphatic heterocycles. The lowest BCUT2D eigenvalue weighted by Crippen LogP contribution is -2.29. The van der Waals surface area contributed by atoms with Crippen molar-refractivity contribution in [3.8, 4) is 0 Å². The van der Waals surface area contributed by atoms with Gasteiger partial charge in [-0.25, -0.2) is 0 Å². The van der Waals surface area contributed by atoms with Gasteiger partial charge in [0, 0.05) is 0 Å². The fourth-order valence-electron chi connectivity index (χ4n) is 0.823. The molecule has 0 fully saturated rings. The first-order valence-electron chi connectivity index (χ1n) is 5.38. The normalized spacial score (nSPS) is 15.6. The third kappa shape index (κ3) is 7.34. The summed E-state index contributed by atoms with van der Waals surface area (Å²) in [5.41, 5.74) is 0.149. The molecule has 14 heavy (non-hydrogen) atoms. The molecule has 1 atom stereocenters. The van der Waals surface area contributed by atoms with E-state index in [1.807, 2.05) is 0 Å². The first kappa shape index (κ1) is 13.9. The maximum atomic E-state index is 5.68. The Balaban J connectivity index is 3.56. The fourth-order valence-corrected chi connectivity index (χ4v) is 0.823. The summed E-state index contributed by atoms with van der Waals surface area (Å²) in [5, 5.41) is 0. The lowest BCUT2D eigenvalue weighted by atomic mass is 9.90. The van der Waals surface area contributed by atoms with E-state index in [1.165, 1.54) is 0 Å². The van der Waals surface area contributed by atoms with Gasteiger partial charge in [0.25, 0.3) is 0 Å². The quantitative estimate of drug-likeness (QED) is 0.651. The molecule has 0 aliphatic carbocycles. The van der Waals surface area contributed by atoms with Crippen LogP contribution in [0, 0.1) is 5.41 Å². The van der Waals surface area contributed by atoms with Crippen LogP contribution in [-0.4, -0.2) is 24.9 Å². The van der Waals surface area contributed by atoms with Crippen molar-refractivity contribution in [3.63, 3.8) is 0 Å². The molecule has 0 aromatic carbocycles. The Morgan fingerprint density at radius 1 is 0.929 bits per heavy atom. The molecule has 2 heteroatoms. The standard InChI is InChI=1S/C12H26O2/c1-10(11(2,3)4)13-8-9-14-12(5,6)7/h10H,8-9H2,1-7H3. The van der Waals surface area contributed by atoms with Gasteiger partial charge in [0.2, 0.25) is 0 Å². The Bertz CT molecular complexity index is 151. The molecule has 86 valence electrons. The molecule has 0 heterocycles. The van der Waals surface area contributed by atoms with Crippen molar-refractivity contribution in [2.45, 2.75) is 60.2 Å². The molecular formula is C12H26O2. The van der Waals surface area contributed by atoms with Crippen molar-refractivity contribution in [1.29, 1.82) is 0 Å². The minimum absolute atomic E-state index is 0.0612. The van der Waals surface area contributed by atoms with Crippen molar-refractivity contribution < 1.29 is 9.47 Å². The Kier molecular flexibility index (Phi) is 5.10. The van der Waals surface area contributed by atoms with E-state index in [-0.39, 0.29) is 17.1 Å². The highest BCUT2D eigenvalue weighted by atomic mass is 16.5. The van der Waals surface area contributed by atoms with Crippen molar-refractivity contribution >= 4 is 0 Å². The minimum Gasteiger partial charge on any atom is -0.376 e. The maximum absolute atomic E-state index is 5.68. The number of hydrogen-bond donors (Lipinski definition) is 0. The van der Waals surface area contributed by atoms with Crippen LogP contribution >= 0.6 is 0 Å². The van der Waals surface area contributed by atoms with Gasteiger partial charge in [0.15, 0.2) is 0 Å². The highest BCUT2D eigenvalue weighted by molar-refractivity contribution is 4.69. The number of ether oxygens (including phenoxy) is 2. The van der Waals surface area contributed by atoms with Crippen LogP contribution in [0.5, 0.6) is 0 Å². The molecule has 0 spiro atoms. The Morgan fingerprint density at radius 3 is 1.79 bits per heavy atom. The van der Waals surface area contributed by atoms with Crippen molar-refractivity contribution in [1.82, 2.24) is 0 Å². The molecule has 0 aromatic heterocycles. The predicted molar refractivity (Wildman–Crippen MR) is 60.6 cm³/mol. The van der Waals surface area contributed by atoms with E-state index in [0.717, 1.165) is 0 Å². The predicted octanol–water partition coefficient (Wildman–Crippen LogP) is 3.25. The number of rotatable bonds is 4. The lowest BCUT2D eigenvalue weighted by molar-refractivity contribution is -0.0689. The van der Waals surface area contributed by atoms with Crippen LogP contribution in [0.15, 0.2) is 0 Å². The summed E-state index contributed by atoms with van der Waals surface area (Å²) in [6.45, 7) is 16.2. The molecule has 0 radical (unpaired) electrons. The molecular weight excluding hydrogens is 176 g/mol. The zero-order valence-electron chi connectivity index (χ0n) is 10.8. The summed E-state index contributed by atoms with van der Waals surface area (Å²) < 4.78 is 11.2. The van der Waals surface area contributed by atoms with Gasteiger partial charge >= 0.3 is 0 Å². The molecule has 0 saturated carbocycles. The van der Waals surface area contributed by atoms with E-state index in [9.17, 15) is 0 Å². The van der Waals surface area contributed by atoms with Crippen molar-refractivity contribution in [2.24, 2.45) is 5.41 Å². The fraction of sp³-hybridized carbons (Fsp3) is 1.00. The van der Waals surface area contributed by atoms with Gasteiger partial charge < -0.3 is 9.47 Å². The second kappa shape index (κ2) is 5.13. The van der Waals surface area contributed by atoms with Crippen LogP contribution in [0.3, 0.4) is 0 Å². The average molecular weight is 202 g/mol. The smallest absolute Gasteiger partial charge is 0.0707 e. The van der Waals surface area contributed by atoms with Crippen LogP contribution in [0.4, 0.5) is 0 Å². The van der Waals surface area contributed by atoms with Crippen LogP contribution in [0.1, 0.15) is 48.5 Å². The summed E-state index contributed by atoms with van der Waals surface area (Å²) in [5.74, 6) is 0. The van der Waals surface area contributed by atoms with E-state index >= 15 is 0 Å². The SMILES string of the molecule is CC(OCCOC(C)(C)C)C(C)(C)C. The highest BCUT2D eigenvalue weighted by Gasteiger charge is 2.20.